The van der Waals surface area contributed by atoms with Crippen LogP contribution in [0.5, 0.6) is 23.0 Å². The van der Waals surface area contributed by atoms with E-state index in [4.69, 9.17) is 23.4 Å². The Morgan fingerprint density at radius 1 is 0.744 bits per heavy atom. The zero-order chi connectivity index (χ0) is 31.2. The van der Waals surface area contributed by atoms with E-state index in [2.05, 4.69) is 0 Å². The molecule has 16 heteroatoms. The van der Waals surface area contributed by atoms with Crippen molar-refractivity contribution in [2.75, 3.05) is 13.2 Å². The number of benzene rings is 2. The second-order valence-electron chi connectivity index (χ2n) is 10.2. The number of rotatable bonds is 7. The first-order chi connectivity index (χ1) is 20.4. The van der Waals surface area contributed by atoms with E-state index < -0.39 is 97.3 Å². The molecule has 3 heterocycles. The molecule has 5 rings (SSSR count). The number of phenolic OH excluding ortho intramolecular Hbond substituents is 3. The highest BCUT2D eigenvalue weighted by atomic mass is 16.7. The number of phenols is 3. The second kappa shape index (κ2) is 12.2. The van der Waals surface area contributed by atoms with E-state index in [0.717, 1.165) is 18.2 Å². The maximum Gasteiger partial charge on any atom is 0.210 e. The van der Waals surface area contributed by atoms with Crippen molar-refractivity contribution >= 4 is 11.0 Å². The van der Waals surface area contributed by atoms with Gasteiger partial charge in [-0.15, -0.1) is 0 Å². The standard InChI is InChI=1S/C27H30O16/c28-7-18-21(34)22(35)24(37)27(42-18)39-8-11-20(33)23(36)25(38)43-26(11)40-10-4-14(31)19-15(32)6-16(41-17(19)5-10)9-1-2-12(29)13(30)3-9/h1-6,11,18,20-31,33-38H,7-8H2/t11-,18+,20-,21+,22-,23+,24+,25+,26-,27+/m1/s1. The lowest BCUT2D eigenvalue weighted by Gasteiger charge is -2.43. The lowest BCUT2D eigenvalue weighted by Crippen LogP contribution is -2.61. The van der Waals surface area contributed by atoms with E-state index in [-0.39, 0.29) is 28.0 Å². The number of aromatic hydroxyl groups is 3. The van der Waals surface area contributed by atoms with Crippen LogP contribution in [0.2, 0.25) is 0 Å². The topological polar surface area (TPSA) is 269 Å². The highest BCUT2D eigenvalue weighted by Crippen LogP contribution is 2.36. The fraction of sp³-hybridized carbons (Fsp3) is 0.444. The Bertz CT molecular complexity index is 1510. The molecule has 16 nitrogen and oxygen atoms in total. The Hall–Kier alpha value is -3.55. The molecule has 10 atom stereocenters. The van der Waals surface area contributed by atoms with E-state index in [1.54, 1.807) is 0 Å². The SMILES string of the molecule is O=c1cc(-c2ccc(O)c(O)c2)oc2cc(O[C@@H]3O[C@H](O)[C@@H](O)[C@H](O)[C@H]3CO[C@H]3O[C@@H](CO)[C@H](O)[C@@H](O)[C@@H]3O)cc(O)c12. The maximum absolute atomic E-state index is 12.8. The summed E-state index contributed by atoms with van der Waals surface area (Å²) in [5.74, 6) is -2.94. The van der Waals surface area contributed by atoms with Crippen molar-refractivity contribution in [3.63, 3.8) is 0 Å². The molecule has 2 saturated heterocycles. The lowest BCUT2D eigenvalue weighted by molar-refractivity contribution is -0.335. The largest absolute Gasteiger partial charge is 0.507 e. The Kier molecular flexibility index (Phi) is 8.77. The highest BCUT2D eigenvalue weighted by Gasteiger charge is 2.48. The summed E-state index contributed by atoms with van der Waals surface area (Å²) in [5.41, 5.74) is -0.598. The predicted octanol–water partition coefficient (Wildman–Crippen LogP) is -2.22. The molecule has 2 fully saturated rings. The van der Waals surface area contributed by atoms with Crippen LogP contribution in [-0.4, -0.2) is 120 Å². The molecule has 3 aromatic rings. The van der Waals surface area contributed by atoms with Crippen LogP contribution in [0.4, 0.5) is 0 Å². The minimum Gasteiger partial charge on any atom is -0.507 e. The monoisotopic (exact) mass is 610 g/mol. The van der Waals surface area contributed by atoms with Crippen LogP contribution in [0.15, 0.2) is 45.6 Å². The Morgan fingerprint density at radius 2 is 1.49 bits per heavy atom. The molecule has 0 bridgehead atoms. The summed E-state index contributed by atoms with van der Waals surface area (Å²) < 4.78 is 27.6. The fourth-order valence-electron chi connectivity index (χ4n) is 4.87. The van der Waals surface area contributed by atoms with Crippen LogP contribution in [0.25, 0.3) is 22.3 Å². The smallest absolute Gasteiger partial charge is 0.210 e. The van der Waals surface area contributed by atoms with Crippen LogP contribution >= 0.6 is 0 Å². The summed E-state index contributed by atoms with van der Waals surface area (Å²) in [6, 6.07) is 7.02. The molecule has 1 aromatic heterocycles. The lowest BCUT2D eigenvalue weighted by atomic mass is 9.94. The van der Waals surface area contributed by atoms with Crippen LogP contribution in [0.3, 0.4) is 0 Å². The number of ether oxygens (including phenoxy) is 4. The molecule has 2 aliphatic heterocycles. The van der Waals surface area contributed by atoms with Crippen molar-refractivity contribution in [1.82, 2.24) is 0 Å². The molecular formula is C27H30O16. The molecule has 43 heavy (non-hydrogen) atoms. The predicted molar refractivity (Wildman–Crippen MR) is 140 cm³/mol. The molecular weight excluding hydrogens is 580 g/mol. The third kappa shape index (κ3) is 5.98. The number of hydrogen-bond donors (Lipinski definition) is 10. The quantitative estimate of drug-likeness (QED) is 0.127. The Balaban J connectivity index is 1.42. The fourth-order valence-corrected chi connectivity index (χ4v) is 4.87. The Morgan fingerprint density at radius 3 is 2.19 bits per heavy atom. The van der Waals surface area contributed by atoms with Crippen molar-refractivity contribution in [2.45, 2.75) is 55.5 Å². The summed E-state index contributed by atoms with van der Waals surface area (Å²) in [7, 11) is 0. The van der Waals surface area contributed by atoms with Crippen LogP contribution in [-0.2, 0) is 14.2 Å². The first-order valence-electron chi connectivity index (χ1n) is 13.0. The van der Waals surface area contributed by atoms with Gasteiger partial charge in [0.25, 0.3) is 0 Å². The third-order valence-electron chi connectivity index (χ3n) is 7.30. The van der Waals surface area contributed by atoms with E-state index in [0.29, 0.717) is 0 Å². The van der Waals surface area contributed by atoms with Crippen LogP contribution in [0.1, 0.15) is 0 Å². The summed E-state index contributed by atoms with van der Waals surface area (Å²) in [6.07, 6.45) is -15.1. The van der Waals surface area contributed by atoms with Gasteiger partial charge in [-0.3, -0.25) is 4.79 Å². The number of aliphatic hydroxyl groups is 7. The minimum atomic E-state index is -1.93. The molecule has 0 unspecified atom stereocenters. The number of hydrogen-bond acceptors (Lipinski definition) is 16. The molecule has 2 aliphatic rings. The molecule has 10 N–H and O–H groups in total. The summed E-state index contributed by atoms with van der Waals surface area (Å²) in [5, 5.41) is 100. The highest BCUT2D eigenvalue weighted by molar-refractivity contribution is 5.86. The van der Waals surface area contributed by atoms with Gasteiger partial charge in [0.1, 0.15) is 58.7 Å². The van der Waals surface area contributed by atoms with E-state index in [1.165, 1.54) is 18.2 Å². The molecule has 0 amide bonds. The van der Waals surface area contributed by atoms with Gasteiger partial charge < -0.3 is 74.4 Å². The zero-order valence-electron chi connectivity index (χ0n) is 22.1. The Labute approximate surface area is 241 Å². The van der Waals surface area contributed by atoms with Crippen molar-refractivity contribution in [2.24, 2.45) is 5.92 Å². The average molecular weight is 611 g/mol. The summed E-state index contributed by atoms with van der Waals surface area (Å²) in [4.78, 5) is 12.8. The van der Waals surface area contributed by atoms with Gasteiger partial charge in [0, 0.05) is 23.8 Å². The van der Waals surface area contributed by atoms with Gasteiger partial charge in [0.05, 0.1) is 25.2 Å². The molecule has 234 valence electrons. The normalized spacial score (nSPS) is 33.0. The molecule has 0 saturated carbocycles. The van der Waals surface area contributed by atoms with Crippen LogP contribution < -0.4 is 10.2 Å². The van der Waals surface area contributed by atoms with Gasteiger partial charge in [-0.2, -0.15) is 0 Å². The van der Waals surface area contributed by atoms with Crippen molar-refractivity contribution in [1.29, 1.82) is 0 Å². The van der Waals surface area contributed by atoms with Gasteiger partial charge >= 0.3 is 0 Å². The van der Waals surface area contributed by atoms with E-state index in [1.807, 2.05) is 0 Å². The minimum absolute atomic E-state index is 0.0296. The number of fused-ring (bicyclic) bond motifs is 1. The second-order valence-corrected chi connectivity index (χ2v) is 10.2. The summed E-state index contributed by atoms with van der Waals surface area (Å²) >= 11 is 0. The average Bonchev–Trinajstić information content (AvgIpc) is 2.96. The van der Waals surface area contributed by atoms with Crippen molar-refractivity contribution < 1.29 is 74.4 Å². The first-order valence-corrected chi connectivity index (χ1v) is 13.0. The molecule has 0 radical (unpaired) electrons. The van der Waals surface area contributed by atoms with Gasteiger partial charge in [0.15, 0.2) is 29.5 Å². The van der Waals surface area contributed by atoms with Crippen molar-refractivity contribution in [3.05, 3.63) is 46.6 Å². The van der Waals surface area contributed by atoms with E-state index in [9.17, 15) is 55.9 Å². The van der Waals surface area contributed by atoms with Gasteiger partial charge in [-0.1, -0.05) is 0 Å². The van der Waals surface area contributed by atoms with E-state index >= 15 is 0 Å². The zero-order valence-corrected chi connectivity index (χ0v) is 22.1. The van der Waals surface area contributed by atoms with Crippen molar-refractivity contribution in [3.8, 4) is 34.3 Å². The third-order valence-corrected chi connectivity index (χ3v) is 7.30. The molecule has 0 spiro atoms. The van der Waals surface area contributed by atoms with Gasteiger partial charge in [-0.05, 0) is 18.2 Å². The molecule has 2 aromatic carbocycles. The molecule has 0 aliphatic carbocycles. The summed E-state index contributed by atoms with van der Waals surface area (Å²) in [6.45, 7) is -1.30. The first kappa shape index (κ1) is 30.9. The van der Waals surface area contributed by atoms with Gasteiger partial charge in [0.2, 0.25) is 6.29 Å². The number of aliphatic hydroxyl groups excluding tert-OH is 7. The maximum atomic E-state index is 12.8. The van der Waals surface area contributed by atoms with Gasteiger partial charge in [-0.25, -0.2) is 0 Å². The van der Waals surface area contributed by atoms with Crippen LogP contribution in [0, 0.1) is 5.92 Å².